The molecule has 0 radical (unpaired) electrons. The van der Waals surface area contributed by atoms with Gasteiger partial charge in [-0.25, -0.2) is 0 Å². The van der Waals surface area contributed by atoms with Gasteiger partial charge in [0.2, 0.25) is 0 Å². The van der Waals surface area contributed by atoms with E-state index >= 15 is 0 Å². The van der Waals surface area contributed by atoms with Crippen molar-refractivity contribution in [1.82, 2.24) is 10.2 Å². The van der Waals surface area contributed by atoms with Crippen LogP contribution in [0.1, 0.15) is 62.0 Å². The molecule has 1 aliphatic heterocycles. The van der Waals surface area contributed by atoms with Crippen LogP contribution in [0.25, 0.3) is 0 Å². The van der Waals surface area contributed by atoms with Crippen molar-refractivity contribution in [3.8, 4) is 11.5 Å². The summed E-state index contributed by atoms with van der Waals surface area (Å²) in [6, 6.07) is 12.6. The molecule has 3 rings (SSSR count). The molecule has 0 saturated carbocycles. The van der Waals surface area contributed by atoms with E-state index in [2.05, 4.69) is 39.1 Å². The molecule has 1 saturated heterocycles. The Hall–Kier alpha value is -3.35. The van der Waals surface area contributed by atoms with Crippen molar-refractivity contribution >= 4 is 17.8 Å². The Labute approximate surface area is 207 Å². The number of rotatable bonds is 7. The Kier molecular flexibility index (Phi) is 8.54. The molecule has 1 heterocycles. The molecule has 0 spiro atoms. The summed E-state index contributed by atoms with van der Waals surface area (Å²) in [5.41, 5.74) is 2.63. The molecule has 35 heavy (non-hydrogen) atoms. The number of amides is 2. The van der Waals surface area contributed by atoms with Gasteiger partial charge in [0, 0.05) is 32.1 Å². The Morgan fingerprint density at radius 1 is 1.06 bits per heavy atom. The highest BCUT2D eigenvalue weighted by Crippen LogP contribution is 2.32. The Balaban J connectivity index is 1.45. The van der Waals surface area contributed by atoms with E-state index in [9.17, 15) is 14.4 Å². The standard InChI is InChI=1S/C28H36N2O5/c1-19-9-10-25(24(15-19)28(3,4)5)34-18-26(32)30-13-11-21(12-14-30)17-29-27(33)22-7-6-8-23(16-22)35-20(2)31/h6-10,15-16,21H,11-14,17-18H2,1-5H3,(H,29,33). The SMILES string of the molecule is CC(=O)Oc1cccc(C(=O)NCC2CCN(C(=O)COc3ccc(C)cc3C(C)(C)C)CC2)c1. The number of hydrogen-bond acceptors (Lipinski definition) is 5. The summed E-state index contributed by atoms with van der Waals surface area (Å²) >= 11 is 0. The number of nitrogens with one attached hydrogen (secondary N) is 1. The molecule has 1 N–H and O–H groups in total. The van der Waals surface area contributed by atoms with Crippen LogP contribution in [0.4, 0.5) is 0 Å². The largest absolute Gasteiger partial charge is 0.483 e. The number of ether oxygens (including phenoxy) is 2. The molecule has 1 fully saturated rings. The highest BCUT2D eigenvalue weighted by molar-refractivity contribution is 5.94. The minimum atomic E-state index is -0.428. The van der Waals surface area contributed by atoms with Gasteiger partial charge in [0.15, 0.2) is 6.61 Å². The molecule has 188 valence electrons. The second-order valence-electron chi connectivity index (χ2n) is 10.2. The van der Waals surface area contributed by atoms with E-state index < -0.39 is 5.97 Å². The van der Waals surface area contributed by atoms with Gasteiger partial charge in [-0.1, -0.05) is 44.5 Å². The molecule has 0 aliphatic carbocycles. The summed E-state index contributed by atoms with van der Waals surface area (Å²) in [6.07, 6.45) is 1.63. The number of nitrogens with zero attached hydrogens (tertiary/aromatic N) is 1. The number of carbonyl (C=O) groups excluding carboxylic acids is 3. The predicted molar refractivity (Wildman–Crippen MR) is 135 cm³/mol. The molecule has 0 unspecified atom stereocenters. The average molecular weight is 481 g/mol. The first-order chi connectivity index (χ1) is 16.5. The topological polar surface area (TPSA) is 84.9 Å². The summed E-state index contributed by atoms with van der Waals surface area (Å²) in [4.78, 5) is 38.2. The highest BCUT2D eigenvalue weighted by atomic mass is 16.5. The second-order valence-corrected chi connectivity index (χ2v) is 10.2. The molecule has 0 aromatic heterocycles. The van der Waals surface area contributed by atoms with Crippen molar-refractivity contribution in [2.24, 2.45) is 5.92 Å². The molecule has 7 nitrogen and oxygen atoms in total. The fourth-order valence-electron chi connectivity index (χ4n) is 4.18. The second kappa shape index (κ2) is 11.4. The normalized spacial score (nSPS) is 14.4. The van der Waals surface area contributed by atoms with Crippen molar-refractivity contribution < 1.29 is 23.9 Å². The Bertz CT molecular complexity index is 1070. The lowest BCUT2D eigenvalue weighted by Gasteiger charge is -2.32. The van der Waals surface area contributed by atoms with Crippen molar-refractivity contribution in [3.63, 3.8) is 0 Å². The van der Waals surface area contributed by atoms with Crippen LogP contribution in [-0.2, 0) is 15.0 Å². The van der Waals surface area contributed by atoms with Crippen LogP contribution < -0.4 is 14.8 Å². The smallest absolute Gasteiger partial charge is 0.308 e. The summed E-state index contributed by atoms with van der Waals surface area (Å²) in [6.45, 7) is 11.6. The van der Waals surface area contributed by atoms with E-state index in [4.69, 9.17) is 9.47 Å². The molecular weight excluding hydrogens is 444 g/mol. The lowest BCUT2D eigenvalue weighted by Crippen LogP contribution is -2.43. The number of esters is 1. The quantitative estimate of drug-likeness (QED) is 0.473. The number of aryl methyl sites for hydroxylation is 1. The van der Waals surface area contributed by atoms with Crippen molar-refractivity contribution in [2.45, 2.75) is 52.9 Å². The number of benzene rings is 2. The Morgan fingerprint density at radius 2 is 1.77 bits per heavy atom. The fraction of sp³-hybridized carbons (Fsp3) is 0.464. The van der Waals surface area contributed by atoms with Crippen LogP contribution in [0.3, 0.4) is 0 Å². The zero-order chi connectivity index (χ0) is 25.6. The van der Waals surface area contributed by atoms with E-state index in [1.165, 1.54) is 12.5 Å². The third-order valence-corrected chi connectivity index (χ3v) is 6.17. The lowest BCUT2D eigenvalue weighted by molar-refractivity contribution is -0.135. The van der Waals surface area contributed by atoms with Crippen LogP contribution in [0, 0.1) is 12.8 Å². The van der Waals surface area contributed by atoms with Crippen molar-refractivity contribution in [2.75, 3.05) is 26.2 Å². The number of piperidine rings is 1. The van der Waals surface area contributed by atoms with Crippen LogP contribution in [0.15, 0.2) is 42.5 Å². The first kappa shape index (κ1) is 26.3. The van der Waals surface area contributed by atoms with E-state index in [1.54, 1.807) is 24.3 Å². The maximum absolute atomic E-state index is 12.8. The molecule has 0 atom stereocenters. The summed E-state index contributed by atoms with van der Waals surface area (Å²) < 4.78 is 11.0. The minimum Gasteiger partial charge on any atom is -0.483 e. The van der Waals surface area contributed by atoms with E-state index in [-0.39, 0.29) is 23.8 Å². The van der Waals surface area contributed by atoms with Crippen molar-refractivity contribution in [1.29, 1.82) is 0 Å². The summed E-state index contributed by atoms with van der Waals surface area (Å²) in [5, 5.41) is 2.96. The van der Waals surface area contributed by atoms with E-state index in [1.807, 2.05) is 17.0 Å². The molecule has 1 aliphatic rings. The maximum Gasteiger partial charge on any atom is 0.308 e. The van der Waals surface area contributed by atoms with Crippen molar-refractivity contribution in [3.05, 3.63) is 59.2 Å². The molecule has 2 amide bonds. The first-order valence-corrected chi connectivity index (χ1v) is 12.1. The van der Waals surface area contributed by atoms with Gasteiger partial charge in [-0.05, 0) is 60.9 Å². The van der Waals surface area contributed by atoms with Crippen LogP contribution >= 0.6 is 0 Å². The van der Waals surface area contributed by atoms with Crippen LogP contribution in [0.2, 0.25) is 0 Å². The van der Waals surface area contributed by atoms with E-state index in [0.717, 1.165) is 24.2 Å². The monoisotopic (exact) mass is 480 g/mol. The Morgan fingerprint density at radius 3 is 2.43 bits per heavy atom. The third-order valence-electron chi connectivity index (χ3n) is 6.17. The predicted octanol–water partition coefficient (Wildman–Crippen LogP) is 4.27. The molecule has 7 heteroatoms. The number of likely N-dealkylation sites (tertiary alicyclic amines) is 1. The minimum absolute atomic E-state index is 0.0183. The number of carbonyl (C=O) groups is 3. The van der Waals surface area contributed by atoms with Crippen LogP contribution in [0.5, 0.6) is 11.5 Å². The average Bonchev–Trinajstić information content (AvgIpc) is 2.81. The van der Waals surface area contributed by atoms with Gasteiger partial charge in [0.1, 0.15) is 11.5 Å². The van der Waals surface area contributed by atoms with Gasteiger partial charge in [-0.15, -0.1) is 0 Å². The van der Waals surface area contributed by atoms with Gasteiger partial charge < -0.3 is 19.7 Å². The summed E-state index contributed by atoms with van der Waals surface area (Å²) in [5.74, 6) is 0.744. The first-order valence-electron chi connectivity index (χ1n) is 12.1. The lowest BCUT2D eigenvalue weighted by atomic mass is 9.85. The van der Waals surface area contributed by atoms with Gasteiger partial charge in [0.05, 0.1) is 0 Å². The van der Waals surface area contributed by atoms with Gasteiger partial charge in [-0.3, -0.25) is 14.4 Å². The molecule has 2 aromatic rings. The van der Waals surface area contributed by atoms with Gasteiger partial charge in [0.25, 0.3) is 11.8 Å². The summed E-state index contributed by atoms with van der Waals surface area (Å²) in [7, 11) is 0. The zero-order valence-electron chi connectivity index (χ0n) is 21.3. The highest BCUT2D eigenvalue weighted by Gasteiger charge is 2.25. The third kappa shape index (κ3) is 7.57. The zero-order valence-corrected chi connectivity index (χ0v) is 21.3. The van der Waals surface area contributed by atoms with E-state index in [0.29, 0.717) is 36.9 Å². The van der Waals surface area contributed by atoms with Gasteiger partial charge >= 0.3 is 5.97 Å². The molecule has 2 aromatic carbocycles. The molecule has 0 bridgehead atoms. The molecular formula is C28H36N2O5. The maximum atomic E-state index is 12.8. The van der Waals surface area contributed by atoms with Crippen LogP contribution in [-0.4, -0.2) is 48.9 Å². The van der Waals surface area contributed by atoms with Gasteiger partial charge in [-0.2, -0.15) is 0 Å². The number of hydrogen-bond donors (Lipinski definition) is 1. The fourth-order valence-corrected chi connectivity index (χ4v) is 4.18.